The van der Waals surface area contributed by atoms with Crippen molar-refractivity contribution in [2.75, 3.05) is 13.2 Å². The predicted molar refractivity (Wildman–Crippen MR) is 63.7 cm³/mol. The van der Waals surface area contributed by atoms with Gasteiger partial charge in [0.05, 0.1) is 0 Å². The minimum absolute atomic E-state index is 0.732. The van der Waals surface area contributed by atoms with Crippen molar-refractivity contribution in [3.8, 4) is 0 Å². The number of rotatable bonds is 10. The largest absolute Gasteiger partial charge is 0.381 e. The molecule has 0 saturated carbocycles. The van der Waals surface area contributed by atoms with Crippen LogP contribution in [-0.2, 0) is 4.74 Å². The summed E-state index contributed by atoms with van der Waals surface area (Å²) in [6.07, 6.45) is 9.36. The van der Waals surface area contributed by atoms with E-state index in [2.05, 4.69) is 20.8 Å². The average Bonchev–Trinajstić information content (AvgIpc) is 2.21. The fourth-order valence-corrected chi connectivity index (χ4v) is 1.39. The molecule has 0 aliphatic rings. The number of hydrogen-bond donors (Lipinski definition) is 0. The third kappa shape index (κ3) is 10.0. The van der Waals surface area contributed by atoms with Crippen LogP contribution in [0.5, 0.6) is 0 Å². The highest BCUT2D eigenvalue weighted by Crippen LogP contribution is 2.06. The number of unbranched alkanes of at least 4 members (excludes halogenated alkanes) is 5. The lowest BCUT2D eigenvalue weighted by atomic mass is 10.1. The Morgan fingerprint density at radius 1 is 0.929 bits per heavy atom. The highest BCUT2D eigenvalue weighted by molar-refractivity contribution is 4.47. The normalized spacial score (nSPS) is 13.1. The summed E-state index contributed by atoms with van der Waals surface area (Å²) >= 11 is 0. The summed E-state index contributed by atoms with van der Waals surface area (Å²) in [5.74, 6) is 0.732. The van der Waals surface area contributed by atoms with Crippen LogP contribution in [0.4, 0.5) is 0 Å². The van der Waals surface area contributed by atoms with Crippen molar-refractivity contribution < 1.29 is 4.74 Å². The molecule has 0 rings (SSSR count). The van der Waals surface area contributed by atoms with Gasteiger partial charge in [-0.05, 0) is 12.3 Å². The summed E-state index contributed by atoms with van der Waals surface area (Å²) in [5.41, 5.74) is 0. The lowest BCUT2D eigenvalue weighted by molar-refractivity contribution is 0.100. The van der Waals surface area contributed by atoms with Gasteiger partial charge in [-0.1, -0.05) is 59.3 Å². The van der Waals surface area contributed by atoms with Gasteiger partial charge in [0.25, 0.3) is 0 Å². The molecule has 1 unspecified atom stereocenters. The molecule has 0 spiro atoms. The van der Waals surface area contributed by atoms with Gasteiger partial charge < -0.3 is 4.74 Å². The van der Waals surface area contributed by atoms with E-state index in [1.165, 1.54) is 44.9 Å². The zero-order valence-electron chi connectivity index (χ0n) is 10.3. The van der Waals surface area contributed by atoms with E-state index in [0.717, 1.165) is 19.1 Å². The first kappa shape index (κ1) is 14.0. The highest BCUT2D eigenvalue weighted by atomic mass is 16.5. The molecule has 0 amide bonds. The van der Waals surface area contributed by atoms with Gasteiger partial charge in [-0.15, -0.1) is 0 Å². The Bertz CT molecular complexity index is 101. The standard InChI is InChI=1S/C13H28O/c1-4-6-7-8-9-10-11-14-12-13(3)5-2/h13H,4-12H2,1-3H3. The smallest absolute Gasteiger partial charge is 0.0491 e. The molecule has 0 aromatic rings. The van der Waals surface area contributed by atoms with Gasteiger partial charge in [0.2, 0.25) is 0 Å². The zero-order valence-corrected chi connectivity index (χ0v) is 10.3. The van der Waals surface area contributed by atoms with E-state index < -0.39 is 0 Å². The van der Waals surface area contributed by atoms with E-state index in [1.54, 1.807) is 0 Å². The van der Waals surface area contributed by atoms with Gasteiger partial charge in [-0.3, -0.25) is 0 Å². The second kappa shape index (κ2) is 11.0. The second-order valence-corrected chi connectivity index (χ2v) is 4.36. The van der Waals surface area contributed by atoms with Crippen LogP contribution in [0.3, 0.4) is 0 Å². The van der Waals surface area contributed by atoms with Gasteiger partial charge in [0.1, 0.15) is 0 Å². The van der Waals surface area contributed by atoms with E-state index in [4.69, 9.17) is 4.74 Å². The third-order valence-corrected chi connectivity index (χ3v) is 2.74. The van der Waals surface area contributed by atoms with Crippen LogP contribution in [0.15, 0.2) is 0 Å². The molecule has 86 valence electrons. The van der Waals surface area contributed by atoms with Crippen molar-refractivity contribution >= 4 is 0 Å². The Morgan fingerprint density at radius 2 is 1.57 bits per heavy atom. The minimum atomic E-state index is 0.732. The Balaban J connectivity index is 2.92. The van der Waals surface area contributed by atoms with Crippen molar-refractivity contribution in [2.24, 2.45) is 5.92 Å². The molecule has 1 nitrogen and oxygen atoms in total. The first-order chi connectivity index (χ1) is 6.81. The summed E-state index contributed by atoms with van der Waals surface area (Å²) in [4.78, 5) is 0. The Labute approximate surface area is 90.2 Å². The van der Waals surface area contributed by atoms with Crippen molar-refractivity contribution in [3.63, 3.8) is 0 Å². The van der Waals surface area contributed by atoms with E-state index in [1.807, 2.05) is 0 Å². The molecule has 0 saturated heterocycles. The van der Waals surface area contributed by atoms with Crippen LogP contribution in [0.1, 0.15) is 65.7 Å². The maximum absolute atomic E-state index is 5.59. The lowest BCUT2D eigenvalue weighted by Gasteiger charge is -2.08. The summed E-state index contributed by atoms with van der Waals surface area (Å²) in [6, 6.07) is 0. The molecule has 0 N–H and O–H groups in total. The van der Waals surface area contributed by atoms with Crippen LogP contribution in [-0.4, -0.2) is 13.2 Å². The molecule has 0 radical (unpaired) electrons. The van der Waals surface area contributed by atoms with Crippen LogP contribution < -0.4 is 0 Å². The number of ether oxygens (including phenoxy) is 1. The number of hydrogen-bond acceptors (Lipinski definition) is 1. The summed E-state index contributed by atoms with van der Waals surface area (Å²) < 4.78 is 5.59. The lowest BCUT2D eigenvalue weighted by Crippen LogP contribution is -2.05. The molecule has 0 heterocycles. The van der Waals surface area contributed by atoms with Crippen molar-refractivity contribution in [1.29, 1.82) is 0 Å². The zero-order chi connectivity index (χ0) is 10.6. The molecule has 1 heteroatoms. The van der Waals surface area contributed by atoms with Crippen LogP contribution in [0.2, 0.25) is 0 Å². The van der Waals surface area contributed by atoms with E-state index >= 15 is 0 Å². The molecular weight excluding hydrogens is 172 g/mol. The van der Waals surface area contributed by atoms with Gasteiger partial charge in [0, 0.05) is 13.2 Å². The Kier molecular flexibility index (Phi) is 11.0. The quantitative estimate of drug-likeness (QED) is 0.475. The molecular formula is C13H28O. The summed E-state index contributed by atoms with van der Waals surface area (Å²) in [7, 11) is 0. The molecule has 0 aromatic heterocycles. The van der Waals surface area contributed by atoms with E-state index in [-0.39, 0.29) is 0 Å². The second-order valence-electron chi connectivity index (χ2n) is 4.36. The van der Waals surface area contributed by atoms with Crippen LogP contribution in [0, 0.1) is 5.92 Å². The minimum Gasteiger partial charge on any atom is -0.381 e. The Hall–Kier alpha value is -0.0400. The molecule has 14 heavy (non-hydrogen) atoms. The van der Waals surface area contributed by atoms with Crippen LogP contribution >= 0.6 is 0 Å². The highest BCUT2D eigenvalue weighted by Gasteiger charge is 1.97. The molecule has 0 bridgehead atoms. The van der Waals surface area contributed by atoms with Crippen molar-refractivity contribution in [3.05, 3.63) is 0 Å². The molecule has 0 aliphatic carbocycles. The fraction of sp³-hybridized carbons (Fsp3) is 1.00. The molecule has 0 fully saturated rings. The van der Waals surface area contributed by atoms with Gasteiger partial charge >= 0.3 is 0 Å². The fourth-order valence-electron chi connectivity index (χ4n) is 1.39. The predicted octanol–water partition coefficient (Wildman–Crippen LogP) is 4.41. The van der Waals surface area contributed by atoms with Crippen molar-refractivity contribution in [1.82, 2.24) is 0 Å². The van der Waals surface area contributed by atoms with Crippen molar-refractivity contribution in [2.45, 2.75) is 65.7 Å². The molecule has 1 atom stereocenters. The first-order valence-corrected chi connectivity index (χ1v) is 6.39. The van der Waals surface area contributed by atoms with Gasteiger partial charge in [-0.25, -0.2) is 0 Å². The summed E-state index contributed by atoms with van der Waals surface area (Å²) in [5, 5.41) is 0. The monoisotopic (exact) mass is 200 g/mol. The molecule has 0 aromatic carbocycles. The van der Waals surface area contributed by atoms with E-state index in [0.29, 0.717) is 0 Å². The topological polar surface area (TPSA) is 9.23 Å². The average molecular weight is 200 g/mol. The van der Waals surface area contributed by atoms with Gasteiger partial charge in [-0.2, -0.15) is 0 Å². The Morgan fingerprint density at radius 3 is 2.21 bits per heavy atom. The SMILES string of the molecule is CCCCCCCCOCC(C)CC. The first-order valence-electron chi connectivity index (χ1n) is 6.39. The molecule has 0 aliphatic heterocycles. The summed E-state index contributed by atoms with van der Waals surface area (Å²) in [6.45, 7) is 8.65. The van der Waals surface area contributed by atoms with Gasteiger partial charge in [0.15, 0.2) is 0 Å². The maximum atomic E-state index is 5.59. The van der Waals surface area contributed by atoms with E-state index in [9.17, 15) is 0 Å². The maximum Gasteiger partial charge on any atom is 0.0491 e. The third-order valence-electron chi connectivity index (χ3n) is 2.74. The van der Waals surface area contributed by atoms with Crippen LogP contribution in [0.25, 0.3) is 0 Å².